The molecule has 0 saturated heterocycles. The van der Waals surface area contributed by atoms with Gasteiger partial charge in [0.1, 0.15) is 0 Å². The maximum atomic E-state index is 13.8. The van der Waals surface area contributed by atoms with Crippen LogP contribution in [0.5, 0.6) is 0 Å². The Morgan fingerprint density at radius 3 is 2.25 bits per heavy atom. The fourth-order valence-corrected chi connectivity index (χ4v) is 2.50. The molecule has 112 valence electrons. The molecule has 0 aliphatic heterocycles. The Kier molecular flexibility index (Phi) is 4.42. The van der Waals surface area contributed by atoms with Crippen molar-refractivity contribution in [2.24, 2.45) is 0 Å². The smallest absolute Gasteiger partial charge is 0.168 e. The van der Waals surface area contributed by atoms with E-state index in [4.69, 9.17) is 0 Å². The first kappa shape index (κ1) is 15.0. The van der Waals surface area contributed by atoms with Crippen molar-refractivity contribution in [1.29, 1.82) is 0 Å². The highest BCUT2D eigenvalue weighted by Gasteiger charge is 2.39. The number of anilines is 2. The molecule has 1 aliphatic rings. The number of hydrogen-bond acceptors (Lipinski definition) is 4. The molecular weight excluding hydrogens is 262 g/mol. The van der Waals surface area contributed by atoms with Crippen molar-refractivity contribution >= 4 is 11.6 Å². The van der Waals surface area contributed by atoms with Crippen LogP contribution in [0.2, 0.25) is 0 Å². The number of halogens is 2. The van der Waals surface area contributed by atoms with Crippen LogP contribution in [0.25, 0.3) is 0 Å². The van der Waals surface area contributed by atoms with Gasteiger partial charge in [0.05, 0.1) is 0 Å². The van der Waals surface area contributed by atoms with Crippen molar-refractivity contribution in [3.8, 4) is 0 Å². The van der Waals surface area contributed by atoms with E-state index in [-0.39, 0.29) is 17.2 Å². The van der Waals surface area contributed by atoms with Gasteiger partial charge in [0.25, 0.3) is 0 Å². The zero-order valence-electron chi connectivity index (χ0n) is 12.3. The normalized spacial score (nSPS) is 16.9. The van der Waals surface area contributed by atoms with Crippen LogP contribution < -0.4 is 10.6 Å². The van der Waals surface area contributed by atoms with Gasteiger partial charge in [0, 0.05) is 24.7 Å². The van der Waals surface area contributed by atoms with Gasteiger partial charge in [-0.15, -0.1) is 0 Å². The van der Waals surface area contributed by atoms with Gasteiger partial charge in [-0.05, 0) is 40.3 Å². The third-order valence-electron chi connectivity index (χ3n) is 4.09. The summed E-state index contributed by atoms with van der Waals surface area (Å²) in [6.07, 6.45) is 3.34. The average Bonchev–Trinajstić information content (AvgIpc) is 2.32. The van der Waals surface area contributed by atoms with Gasteiger partial charge in [0.2, 0.25) is 0 Å². The van der Waals surface area contributed by atoms with E-state index < -0.39 is 11.6 Å². The minimum Gasteiger partial charge on any atom is -0.368 e. The molecule has 1 aliphatic carbocycles. The standard InChI is InChI=1S/C14H22F2N4/c1-4-17-12-10(15)8-11(16)13(19-12)18-9-14(20(2)3)6-5-7-14/h8H,4-7,9H2,1-3H3,(H2,17,18,19). The molecule has 1 heterocycles. The molecule has 2 N–H and O–H groups in total. The highest BCUT2D eigenvalue weighted by atomic mass is 19.1. The zero-order valence-corrected chi connectivity index (χ0v) is 12.3. The molecule has 1 saturated carbocycles. The van der Waals surface area contributed by atoms with E-state index in [1.54, 1.807) is 0 Å². The number of rotatable bonds is 6. The van der Waals surface area contributed by atoms with Gasteiger partial charge in [-0.25, -0.2) is 13.8 Å². The molecule has 1 fully saturated rings. The first-order valence-electron chi connectivity index (χ1n) is 7.00. The topological polar surface area (TPSA) is 40.2 Å². The van der Waals surface area contributed by atoms with Crippen LogP contribution in [0.1, 0.15) is 26.2 Å². The summed E-state index contributed by atoms with van der Waals surface area (Å²) >= 11 is 0. The van der Waals surface area contributed by atoms with E-state index in [9.17, 15) is 8.78 Å². The van der Waals surface area contributed by atoms with E-state index in [0.29, 0.717) is 13.1 Å². The number of nitrogens with zero attached hydrogens (tertiary/aromatic N) is 2. The first-order valence-corrected chi connectivity index (χ1v) is 7.00. The van der Waals surface area contributed by atoms with E-state index in [1.165, 1.54) is 6.42 Å². The highest BCUT2D eigenvalue weighted by Crippen LogP contribution is 2.36. The lowest BCUT2D eigenvalue weighted by molar-refractivity contribution is 0.0737. The van der Waals surface area contributed by atoms with Gasteiger partial charge >= 0.3 is 0 Å². The molecule has 0 aromatic carbocycles. The Morgan fingerprint density at radius 1 is 1.20 bits per heavy atom. The van der Waals surface area contributed by atoms with E-state index in [0.717, 1.165) is 18.9 Å². The molecule has 2 rings (SSSR count). The molecule has 0 unspecified atom stereocenters. The van der Waals surface area contributed by atoms with Gasteiger partial charge in [-0.1, -0.05) is 0 Å². The summed E-state index contributed by atoms with van der Waals surface area (Å²) in [4.78, 5) is 6.15. The maximum Gasteiger partial charge on any atom is 0.168 e. The summed E-state index contributed by atoms with van der Waals surface area (Å²) in [5.74, 6) is -1.13. The van der Waals surface area contributed by atoms with Crippen LogP contribution in [0.4, 0.5) is 20.4 Å². The molecule has 20 heavy (non-hydrogen) atoms. The molecule has 1 aromatic heterocycles. The molecule has 0 atom stereocenters. The van der Waals surface area contributed by atoms with Crippen LogP contribution in [-0.4, -0.2) is 42.6 Å². The second-order valence-corrected chi connectivity index (χ2v) is 5.51. The summed E-state index contributed by atoms with van der Waals surface area (Å²) in [6, 6.07) is 0.871. The van der Waals surface area contributed by atoms with E-state index >= 15 is 0 Å². The largest absolute Gasteiger partial charge is 0.368 e. The molecular formula is C14H22F2N4. The number of likely N-dealkylation sites (N-methyl/N-ethyl adjacent to an activating group) is 1. The molecule has 0 bridgehead atoms. The van der Waals surface area contributed by atoms with Crippen molar-refractivity contribution in [3.05, 3.63) is 17.7 Å². The lowest BCUT2D eigenvalue weighted by Gasteiger charge is -2.47. The SMILES string of the molecule is CCNc1nc(NCC2(N(C)C)CCC2)c(F)cc1F. The van der Waals surface area contributed by atoms with Crippen LogP contribution in [0.15, 0.2) is 6.07 Å². The fraction of sp³-hybridized carbons (Fsp3) is 0.643. The molecule has 0 amide bonds. The Labute approximate surface area is 118 Å². The zero-order chi connectivity index (χ0) is 14.8. The Balaban J connectivity index is 2.11. The Morgan fingerprint density at radius 2 is 1.80 bits per heavy atom. The van der Waals surface area contributed by atoms with Crippen LogP contribution >= 0.6 is 0 Å². The third-order valence-corrected chi connectivity index (χ3v) is 4.09. The summed E-state index contributed by atoms with van der Waals surface area (Å²) < 4.78 is 27.3. The second kappa shape index (κ2) is 5.91. The summed E-state index contributed by atoms with van der Waals surface area (Å²) in [6.45, 7) is 2.99. The monoisotopic (exact) mass is 284 g/mol. The van der Waals surface area contributed by atoms with Crippen molar-refractivity contribution < 1.29 is 8.78 Å². The molecule has 0 spiro atoms. The minimum absolute atomic E-state index is 0.0564. The Bertz CT molecular complexity index is 472. The second-order valence-electron chi connectivity index (χ2n) is 5.51. The number of pyridine rings is 1. The summed E-state index contributed by atoms with van der Waals surface area (Å²) in [5.41, 5.74) is 0.0564. The third kappa shape index (κ3) is 2.85. The maximum absolute atomic E-state index is 13.8. The van der Waals surface area contributed by atoms with Crippen LogP contribution in [-0.2, 0) is 0 Å². The predicted molar refractivity (Wildman–Crippen MR) is 77.1 cm³/mol. The minimum atomic E-state index is -0.666. The van der Waals surface area contributed by atoms with Crippen molar-refractivity contribution in [1.82, 2.24) is 9.88 Å². The van der Waals surface area contributed by atoms with Crippen LogP contribution in [0.3, 0.4) is 0 Å². The first-order chi connectivity index (χ1) is 9.48. The van der Waals surface area contributed by atoms with Crippen molar-refractivity contribution in [2.75, 3.05) is 37.8 Å². The molecule has 6 heteroatoms. The number of nitrogens with one attached hydrogen (secondary N) is 2. The van der Waals surface area contributed by atoms with E-state index in [1.807, 2.05) is 21.0 Å². The lowest BCUT2D eigenvalue weighted by Crippen LogP contribution is -2.54. The highest BCUT2D eigenvalue weighted by molar-refractivity contribution is 5.47. The van der Waals surface area contributed by atoms with Crippen molar-refractivity contribution in [3.63, 3.8) is 0 Å². The van der Waals surface area contributed by atoms with Gasteiger partial charge in [-0.2, -0.15) is 0 Å². The quantitative estimate of drug-likeness (QED) is 0.842. The number of aromatic nitrogens is 1. The lowest BCUT2D eigenvalue weighted by atomic mass is 9.75. The van der Waals surface area contributed by atoms with Gasteiger partial charge < -0.3 is 15.5 Å². The summed E-state index contributed by atoms with van der Waals surface area (Å²) in [7, 11) is 4.05. The molecule has 4 nitrogen and oxygen atoms in total. The van der Waals surface area contributed by atoms with Gasteiger partial charge in [-0.3, -0.25) is 0 Å². The van der Waals surface area contributed by atoms with E-state index in [2.05, 4.69) is 20.5 Å². The number of hydrogen-bond donors (Lipinski definition) is 2. The van der Waals surface area contributed by atoms with Crippen LogP contribution in [0, 0.1) is 11.6 Å². The molecule has 1 aromatic rings. The average molecular weight is 284 g/mol. The predicted octanol–water partition coefficient (Wildman–Crippen LogP) is 2.69. The van der Waals surface area contributed by atoms with Crippen molar-refractivity contribution in [2.45, 2.75) is 31.7 Å². The van der Waals surface area contributed by atoms with Gasteiger partial charge in [0.15, 0.2) is 23.3 Å². The fourth-order valence-electron chi connectivity index (χ4n) is 2.50. The molecule has 0 radical (unpaired) electrons. The Hall–Kier alpha value is -1.43. The summed E-state index contributed by atoms with van der Waals surface area (Å²) in [5, 5.41) is 5.82.